The lowest BCUT2D eigenvalue weighted by atomic mass is 10.4. The molecule has 0 aliphatic rings. The van der Waals surface area contributed by atoms with Gasteiger partial charge in [0.25, 0.3) is 0 Å². The minimum absolute atomic E-state index is 0.110. The average Bonchev–Trinajstić information content (AvgIpc) is 2.34. The van der Waals surface area contributed by atoms with Crippen LogP contribution in [0, 0.1) is 6.92 Å². The second-order valence-corrected chi connectivity index (χ2v) is 2.04. The first-order valence-corrected chi connectivity index (χ1v) is 3.07. The fourth-order valence-corrected chi connectivity index (χ4v) is 0.577. The maximum Gasteiger partial charge on any atom is 0.244 e. The summed E-state index contributed by atoms with van der Waals surface area (Å²) < 4.78 is 10.0. The molecule has 10 heavy (non-hydrogen) atoms. The molecule has 0 aromatic carbocycles. The van der Waals surface area contributed by atoms with Crippen molar-refractivity contribution in [1.82, 2.24) is 10.2 Å². The van der Waals surface area contributed by atoms with Gasteiger partial charge >= 0.3 is 0 Å². The molecule has 0 radical (unpaired) electrons. The molecule has 56 valence electrons. The van der Waals surface area contributed by atoms with Gasteiger partial charge in [-0.25, -0.2) is 0 Å². The van der Waals surface area contributed by atoms with Gasteiger partial charge in [-0.2, -0.15) is 0 Å². The number of aryl methyl sites for hydroxylation is 1. The standard InChI is InChI=1S/C6H10N2O2/c1-4(9-3)6-8-7-5(2)10-6/h4H,1-3H3. The van der Waals surface area contributed by atoms with Gasteiger partial charge < -0.3 is 9.15 Å². The third kappa shape index (κ3) is 1.33. The Hall–Kier alpha value is -0.900. The van der Waals surface area contributed by atoms with Crippen molar-refractivity contribution in [3.8, 4) is 0 Å². The molecule has 4 heteroatoms. The topological polar surface area (TPSA) is 48.2 Å². The zero-order valence-electron chi connectivity index (χ0n) is 6.29. The van der Waals surface area contributed by atoms with Gasteiger partial charge in [0.15, 0.2) is 0 Å². The van der Waals surface area contributed by atoms with E-state index in [0.29, 0.717) is 11.8 Å². The SMILES string of the molecule is COC(C)c1nnc(C)o1. The Morgan fingerprint density at radius 1 is 1.50 bits per heavy atom. The van der Waals surface area contributed by atoms with Gasteiger partial charge in [-0.05, 0) is 6.92 Å². The van der Waals surface area contributed by atoms with Crippen LogP contribution >= 0.6 is 0 Å². The van der Waals surface area contributed by atoms with Crippen molar-refractivity contribution in [1.29, 1.82) is 0 Å². The molecule has 1 aromatic heterocycles. The highest BCUT2D eigenvalue weighted by molar-refractivity contribution is 4.82. The van der Waals surface area contributed by atoms with Gasteiger partial charge in [-0.15, -0.1) is 10.2 Å². The Labute approximate surface area is 59.2 Å². The van der Waals surface area contributed by atoms with Crippen LogP contribution in [0.3, 0.4) is 0 Å². The normalized spacial score (nSPS) is 13.5. The van der Waals surface area contributed by atoms with Gasteiger partial charge in [0.2, 0.25) is 11.8 Å². The molecule has 0 aliphatic carbocycles. The molecule has 0 aliphatic heterocycles. The zero-order chi connectivity index (χ0) is 7.56. The monoisotopic (exact) mass is 142 g/mol. The Morgan fingerprint density at radius 2 is 2.20 bits per heavy atom. The lowest BCUT2D eigenvalue weighted by Gasteiger charge is -2.00. The molecule has 1 rings (SSSR count). The van der Waals surface area contributed by atoms with Crippen LogP contribution < -0.4 is 0 Å². The lowest BCUT2D eigenvalue weighted by molar-refractivity contribution is 0.0939. The van der Waals surface area contributed by atoms with E-state index < -0.39 is 0 Å². The van der Waals surface area contributed by atoms with E-state index in [1.54, 1.807) is 14.0 Å². The van der Waals surface area contributed by atoms with Crippen LogP contribution in [0.2, 0.25) is 0 Å². The van der Waals surface area contributed by atoms with Crippen molar-refractivity contribution >= 4 is 0 Å². The fourth-order valence-electron chi connectivity index (χ4n) is 0.577. The smallest absolute Gasteiger partial charge is 0.244 e. The molecular weight excluding hydrogens is 132 g/mol. The summed E-state index contributed by atoms with van der Waals surface area (Å²) in [5, 5.41) is 7.43. The predicted octanol–water partition coefficient (Wildman–Crippen LogP) is 1.09. The molecule has 4 nitrogen and oxygen atoms in total. The van der Waals surface area contributed by atoms with Crippen molar-refractivity contribution in [2.24, 2.45) is 0 Å². The molecular formula is C6H10N2O2. The second kappa shape index (κ2) is 2.79. The lowest BCUT2D eigenvalue weighted by Crippen LogP contribution is -1.95. The summed E-state index contributed by atoms with van der Waals surface area (Å²) in [6.07, 6.45) is -0.110. The van der Waals surface area contributed by atoms with Gasteiger partial charge in [0.1, 0.15) is 6.10 Å². The summed E-state index contributed by atoms with van der Waals surface area (Å²) >= 11 is 0. The predicted molar refractivity (Wildman–Crippen MR) is 34.5 cm³/mol. The van der Waals surface area contributed by atoms with Crippen LogP contribution in [-0.2, 0) is 4.74 Å². The summed E-state index contributed by atoms with van der Waals surface area (Å²) in [6.45, 7) is 3.60. The second-order valence-electron chi connectivity index (χ2n) is 2.04. The molecule has 1 atom stereocenters. The van der Waals surface area contributed by atoms with Crippen LogP contribution in [0.5, 0.6) is 0 Å². The van der Waals surface area contributed by atoms with E-state index in [1.165, 1.54) is 0 Å². The van der Waals surface area contributed by atoms with E-state index in [2.05, 4.69) is 10.2 Å². The molecule has 1 unspecified atom stereocenters. The number of aromatic nitrogens is 2. The van der Waals surface area contributed by atoms with Crippen molar-refractivity contribution in [2.45, 2.75) is 20.0 Å². The summed E-state index contributed by atoms with van der Waals surface area (Å²) in [7, 11) is 1.60. The average molecular weight is 142 g/mol. The van der Waals surface area contributed by atoms with Crippen LogP contribution in [0.1, 0.15) is 24.8 Å². The van der Waals surface area contributed by atoms with Gasteiger partial charge in [0.05, 0.1) is 0 Å². The van der Waals surface area contributed by atoms with Crippen molar-refractivity contribution in [2.75, 3.05) is 7.11 Å². The summed E-state index contributed by atoms with van der Waals surface area (Å²) in [5.74, 6) is 1.10. The number of nitrogens with zero attached hydrogens (tertiary/aromatic N) is 2. The fraction of sp³-hybridized carbons (Fsp3) is 0.667. The van der Waals surface area contributed by atoms with E-state index in [9.17, 15) is 0 Å². The maximum atomic E-state index is 5.09. The summed E-state index contributed by atoms with van der Waals surface area (Å²) in [5.41, 5.74) is 0. The molecule has 0 saturated carbocycles. The van der Waals surface area contributed by atoms with E-state index in [1.807, 2.05) is 6.92 Å². The van der Waals surface area contributed by atoms with Crippen LogP contribution in [0.15, 0.2) is 4.42 Å². The Kier molecular flexibility index (Phi) is 2.01. The van der Waals surface area contributed by atoms with E-state index in [-0.39, 0.29) is 6.10 Å². The highest BCUT2D eigenvalue weighted by Crippen LogP contribution is 2.12. The Bertz CT molecular complexity index is 209. The van der Waals surface area contributed by atoms with Crippen molar-refractivity contribution < 1.29 is 9.15 Å². The van der Waals surface area contributed by atoms with Crippen LogP contribution in [0.4, 0.5) is 0 Å². The van der Waals surface area contributed by atoms with Gasteiger partial charge in [-0.3, -0.25) is 0 Å². The molecule has 0 amide bonds. The van der Waals surface area contributed by atoms with Crippen molar-refractivity contribution in [3.05, 3.63) is 11.8 Å². The Morgan fingerprint density at radius 3 is 2.60 bits per heavy atom. The first kappa shape index (κ1) is 7.21. The highest BCUT2D eigenvalue weighted by atomic mass is 16.5. The number of hydrogen-bond acceptors (Lipinski definition) is 4. The van der Waals surface area contributed by atoms with Crippen molar-refractivity contribution in [3.63, 3.8) is 0 Å². The van der Waals surface area contributed by atoms with Gasteiger partial charge in [-0.1, -0.05) is 0 Å². The third-order valence-electron chi connectivity index (χ3n) is 1.24. The third-order valence-corrected chi connectivity index (χ3v) is 1.24. The molecule has 0 spiro atoms. The summed E-state index contributed by atoms with van der Waals surface area (Å²) in [4.78, 5) is 0. The number of rotatable bonds is 2. The molecule has 0 fully saturated rings. The zero-order valence-corrected chi connectivity index (χ0v) is 6.29. The molecule has 1 heterocycles. The van der Waals surface area contributed by atoms with Crippen LogP contribution in [0.25, 0.3) is 0 Å². The molecule has 1 aromatic rings. The molecule has 0 saturated heterocycles. The number of methoxy groups -OCH3 is 1. The quantitative estimate of drug-likeness (QED) is 0.620. The first-order chi connectivity index (χ1) is 4.74. The first-order valence-electron chi connectivity index (χ1n) is 3.07. The number of ether oxygens (including phenoxy) is 1. The molecule has 0 bridgehead atoms. The minimum Gasteiger partial charge on any atom is -0.423 e. The highest BCUT2D eigenvalue weighted by Gasteiger charge is 2.09. The van der Waals surface area contributed by atoms with Gasteiger partial charge in [0, 0.05) is 14.0 Å². The van der Waals surface area contributed by atoms with E-state index in [0.717, 1.165) is 0 Å². The molecule has 0 N–H and O–H groups in total. The largest absolute Gasteiger partial charge is 0.423 e. The number of hydrogen-bond donors (Lipinski definition) is 0. The minimum atomic E-state index is -0.110. The Balaban J connectivity index is 2.74. The van der Waals surface area contributed by atoms with Crippen LogP contribution in [-0.4, -0.2) is 17.3 Å². The van der Waals surface area contributed by atoms with E-state index >= 15 is 0 Å². The summed E-state index contributed by atoms with van der Waals surface area (Å²) in [6, 6.07) is 0. The maximum absolute atomic E-state index is 5.09. The van der Waals surface area contributed by atoms with E-state index in [4.69, 9.17) is 9.15 Å².